The Balaban J connectivity index is 1.63. The standard InChI is InChI=1S/C20H15N5O/c26-20(19-12-5-4-11-18(19)15-7-2-1-3-8-15)22-16-9-6-10-17(13-16)25-14-21-23-24-25/h1-14H,(H,22,26). The number of tetrazole rings is 1. The van der Waals surface area contributed by atoms with Gasteiger partial charge in [-0.15, -0.1) is 5.10 Å². The highest BCUT2D eigenvalue weighted by atomic mass is 16.1. The van der Waals surface area contributed by atoms with Crippen molar-refractivity contribution < 1.29 is 4.79 Å². The molecule has 1 amide bonds. The van der Waals surface area contributed by atoms with E-state index >= 15 is 0 Å². The van der Waals surface area contributed by atoms with E-state index in [1.807, 2.05) is 78.9 Å². The molecule has 0 unspecified atom stereocenters. The normalized spacial score (nSPS) is 10.5. The van der Waals surface area contributed by atoms with Crippen LogP contribution in [-0.2, 0) is 0 Å². The van der Waals surface area contributed by atoms with E-state index in [0.717, 1.165) is 16.8 Å². The summed E-state index contributed by atoms with van der Waals surface area (Å²) in [5.41, 5.74) is 3.95. The molecule has 0 saturated heterocycles. The smallest absolute Gasteiger partial charge is 0.256 e. The Bertz CT molecular complexity index is 1030. The summed E-state index contributed by atoms with van der Waals surface area (Å²) < 4.78 is 1.54. The minimum Gasteiger partial charge on any atom is -0.322 e. The van der Waals surface area contributed by atoms with E-state index in [1.54, 1.807) is 0 Å². The molecule has 1 N–H and O–H groups in total. The van der Waals surface area contributed by atoms with Crippen LogP contribution in [0.1, 0.15) is 10.4 Å². The summed E-state index contributed by atoms with van der Waals surface area (Å²) in [5, 5.41) is 14.1. The van der Waals surface area contributed by atoms with Crippen molar-refractivity contribution in [3.8, 4) is 16.8 Å². The zero-order valence-corrected chi connectivity index (χ0v) is 13.8. The van der Waals surface area contributed by atoms with Crippen molar-refractivity contribution in [1.82, 2.24) is 20.2 Å². The molecular weight excluding hydrogens is 326 g/mol. The Kier molecular flexibility index (Phi) is 4.22. The number of nitrogens with one attached hydrogen (secondary N) is 1. The minimum absolute atomic E-state index is 0.168. The second kappa shape index (κ2) is 6.98. The second-order valence-electron chi connectivity index (χ2n) is 5.67. The summed E-state index contributed by atoms with van der Waals surface area (Å²) in [4.78, 5) is 12.8. The Morgan fingerprint density at radius 1 is 0.885 bits per heavy atom. The Hall–Kier alpha value is -3.80. The molecule has 4 aromatic rings. The minimum atomic E-state index is -0.168. The molecule has 0 aliphatic heterocycles. The van der Waals surface area contributed by atoms with Gasteiger partial charge >= 0.3 is 0 Å². The van der Waals surface area contributed by atoms with Crippen molar-refractivity contribution in [1.29, 1.82) is 0 Å². The zero-order valence-electron chi connectivity index (χ0n) is 13.8. The van der Waals surface area contributed by atoms with E-state index in [4.69, 9.17) is 0 Å². The van der Waals surface area contributed by atoms with E-state index in [0.29, 0.717) is 11.3 Å². The highest BCUT2D eigenvalue weighted by Crippen LogP contribution is 2.24. The maximum Gasteiger partial charge on any atom is 0.256 e. The van der Waals surface area contributed by atoms with Gasteiger partial charge in [0.15, 0.2) is 0 Å². The average Bonchev–Trinajstić information content (AvgIpc) is 3.24. The molecule has 0 aliphatic rings. The fourth-order valence-corrected chi connectivity index (χ4v) is 2.75. The van der Waals surface area contributed by atoms with E-state index < -0.39 is 0 Å². The first kappa shape index (κ1) is 15.7. The van der Waals surface area contributed by atoms with Crippen molar-refractivity contribution in [2.75, 3.05) is 5.32 Å². The van der Waals surface area contributed by atoms with Gasteiger partial charge in [0.1, 0.15) is 6.33 Å². The monoisotopic (exact) mass is 341 g/mol. The van der Waals surface area contributed by atoms with Crippen molar-refractivity contribution in [2.45, 2.75) is 0 Å². The molecule has 3 aromatic carbocycles. The fraction of sp³-hybridized carbons (Fsp3) is 0. The summed E-state index contributed by atoms with van der Waals surface area (Å²) in [5.74, 6) is -0.168. The van der Waals surface area contributed by atoms with Gasteiger partial charge in [-0.3, -0.25) is 4.79 Å². The fourth-order valence-electron chi connectivity index (χ4n) is 2.75. The van der Waals surface area contributed by atoms with E-state index in [1.165, 1.54) is 11.0 Å². The number of hydrogen-bond acceptors (Lipinski definition) is 4. The molecule has 0 bridgehead atoms. The van der Waals surface area contributed by atoms with Crippen LogP contribution in [0, 0.1) is 0 Å². The van der Waals surface area contributed by atoms with Crippen molar-refractivity contribution >= 4 is 11.6 Å². The van der Waals surface area contributed by atoms with Crippen LogP contribution in [0.5, 0.6) is 0 Å². The first-order chi connectivity index (χ1) is 12.8. The van der Waals surface area contributed by atoms with Crippen molar-refractivity contribution in [2.24, 2.45) is 0 Å². The van der Waals surface area contributed by atoms with Gasteiger partial charge in [-0.05, 0) is 45.8 Å². The topological polar surface area (TPSA) is 72.7 Å². The van der Waals surface area contributed by atoms with Crippen LogP contribution < -0.4 is 5.32 Å². The third-order valence-electron chi connectivity index (χ3n) is 3.97. The number of aromatic nitrogens is 4. The molecule has 0 saturated carbocycles. The maximum atomic E-state index is 12.8. The Morgan fingerprint density at radius 3 is 2.50 bits per heavy atom. The van der Waals surface area contributed by atoms with Crippen molar-refractivity contribution in [3.63, 3.8) is 0 Å². The van der Waals surface area contributed by atoms with Crippen LogP contribution in [0.4, 0.5) is 5.69 Å². The number of anilines is 1. The van der Waals surface area contributed by atoms with Gasteiger partial charge < -0.3 is 5.32 Å². The quantitative estimate of drug-likeness (QED) is 0.616. The second-order valence-corrected chi connectivity index (χ2v) is 5.67. The molecule has 0 atom stereocenters. The average molecular weight is 341 g/mol. The lowest BCUT2D eigenvalue weighted by molar-refractivity contribution is 0.102. The number of benzene rings is 3. The first-order valence-corrected chi connectivity index (χ1v) is 8.10. The summed E-state index contributed by atoms with van der Waals surface area (Å²) >= 11 is 0. The van der Waals surface area contributed by atoms with Gasteiger partial charge in [0.25, 0.3) is 5.91 Å². The number of carbonyl (C=O) groups is 1. The molecular formula is C20H15N5O. The van der Waals surface area contributed by atoms with Crippen LogP contribution in [0.15, 0.2) is 85.2 Å². The molecule has 1 aromatic heterocycles. The highest BCUT2D eigenvalue weighted by Gasteiger charge is 2.13. The first-order valence-electron chi connectivity index (χ1n) is 8.10. The van der Waals surface area contributed by atoms with E-state index in [9.17, 15) is 4.79 Å². The molecule has 6 nitrogen and oxygen atoms in total. The number of carbonyl (C=O) groups excluding carboxylic acids is 1. The molecule has 4 rings (SSSR count). The number of rotatable bonds is 4. The van der Waals surface area contributed by atoms with Crippen LogP contribution in [-0.4, -0.2) is 26.1 Å². The number of amides is 1. The van der Waals surface area contributed by atoms with Crippen LogP contribution in [0.2, 0.25) is 0 Å². The Labute approximate surface area is 150 Å². The largest absolute Gasteiger partial charge is 0.322 e. The molecule has 1 heterocycles. The lowest BCUT2D eigenvalue weighted by Crippen LogP contribution is -2.13. The number of hydrogen-bond donors (Lipinski definition) is 1. The number of nitrogens with zero attached hydrogens (tertiary/aromatic N) is 4. The summed E-state index contributed by atoms with van der Waals surface area (Å²) in [6.07, 6.45) is 1.51. The molecule has 6 heteroatoms. The van der Waals surface area contributed by atoms with Crippen LogP contribution in [0.3, 0.4) is 0 Å². The lowest BCUT2D eigenvalue weighted by atomic mass is 9.99. The van der Waals surface area contributed by atoms with E-state index in [2.05, 4.69) is 20.8 Å². The third kappa shape index (κ3) is 3.21. The molecule has 126 valence electrons. The summed E-state index contributed by atoms with van der Waals surface area (Å²) in [7, 11) is 0. The Morgan fingerprint density at radius 2 is 1.69 bits per heavy atom. The van der Waals surface area contributed by atoms with Gasteiger partial charge in [-0.25, -0.2) is 4.68 Å². The molecule has 0 fully saturated rings. The molecule has 26 heavy (non-hydrogen) atoms. The van der Waals surface area contributed by atoms with Crippen LogP contribution in [0.25, 0.3) is 16.8 Å². The summed E-state index contributed by atoms with van der Waals surface area (Å²) in [6, 6.07) is 24.8. The van der Waals surface area contributed by atoms with Gasteiger partial charge in [0, 0.05) is 11.3 Å². The predicted octanol–water partition coefficient (Wildman–Crippen LogP) is 3.58. The van der Waals surface area contributed by atoms with Gasteiger partial charge in [-0.1, -0.05) is 54.6 Å². The SMILES string of the molecule is O=C(Nc1cccc(-n2cnnn2)c1)c1ccccc1-c1ccccc1. The molecule has 0 radical (unpaired) electrons. The molecule has 0 aliphatic carbocycles. The van der Waals surface area contributed by atoms with Gasteiger partial charge in [0.2, 0.25) is 0 Å². The van der Waals surface area contributed by atoms with Gasteiger partial charge in [-0.2, -0.15) is 0 Å². The van der Waals surface area contributed by atoms with Gasteiger partial charge in [0.05, 0.1) is 5.69 Å². The van der Waals surface area contributed by atoms with E-state index in [-0.39, 0.29) is 5.91 Å². The zero-order chi connectivity index (χ0) is 17.8. The molecule has 0 spiro atoms. The highest BCUT2D eigenvalue weighted by molar-refractivity contribution is 6.08. The van der Waals surface area contributed by atoms with Crippen molar-refractivity contribution in [3.05, 3.63) is 90.8 Å². The predicted molar refractivity (Wildman–Crippen MR) is 99.0 cm³/mol. The third-order valence-corrected chi connectivity index (χ3v) is 3.97. The van der Waals surface area contributed by atoms with Crippen LogP contribution >= 0.6 is 0 Å². The summed E-state index contributed by atoms with van der Waals surface area (Å²) in [6.45, 7) is 0. The maximum absolute atomic E-state index is 12.8. The lowest BCUT2D eigenvalue weighted by Gasteiger charge is -2.11.